The average molecular weight is 342 g/mol. The summed E-state index contributed by atoms with van der Waals surface area (Å²) in [5, 5.41) is 9.54. The van der Waals surface area contributed by atoms with Crippen LogP contribution >= 0.6 is 23.2 Å². The third kappa shape index (κ3) is 4.53. The second-order valence-corrected chi connectivity index (χ2v) is 5.02. The molecule has 0 saturated heterocycles. The molecular weight excluding hydrogens is 329 g/mol. The van der Waals surface area contributed by atoms with Crippen LogP contribution in [0.15, 0.2) is 42.5 Å². The zero-order chi connectivity index (χ0) is 15.9. The standard InChI is InChI=1S/C15H13Cl2NO4/c16-13-9-10(19)8-12(14(13)17)15(20)18-22-7-6-21-11-4-2-1-3-5-11/h1-5,8-9,19H,6-7H2,(H,18,20). The van der Waals surface area contributed by atoms with Gasteiger partial charge in [-0.1, -0.05) is 41.4 Å². The number of benzene rings is 2. The molecule has 0 saturated carbocycles. The number of para-hydroxylation sites is 1. The summed E-state index contributed by atoms with van der Waals surface area (Å²) in [6.45, 7) is 0.406. The maximum atomic E-state index is 11.9. The molecule has 0 bridgehead atoms. The molecule has 2 N–H and O–H groups in total. The fraction of sp³-hybridized carbons (Fsp3) is 0.133. The zero-order valence-corrected chi connectivity index (χ0v) is 12.9. The number of carbonyl (C=O) groups is 1. The molecule has 2 aromatic carbocycles. The third-order valence-electron chi connectivity index (χ3n) is 2.62. The van der Waals surface area contributed by atoms with Gasteiger partial charge in [-0.05, 0) is 18.2 Å². The first-order chi connectivity index (χ1) is 10.6. The smallest absolute Gasteiger partial charge is 0.276 e. The number of rotatable bonds is 6. The van der Waals surface area contributed by atoms with E-state index in [9.17, 15) is 9.90 Å². The monoisotopic (exact) mass is 341 g/mol. The summed E-state index contributed by atoms with van der Waals surface area (Å²) in [7, 11) is 0. The number of phenols is 1. The number of amides is 1. The van der Waals surface area contributed by atoms with Gasteiger partial charge in [0.25, 0.3) is 5.91 Å². The lowest BCUT2D eigenvalue weighted by Crippen LogP contribution is -2.26. The van der Waals surface area contributed by atoms with Gasteiger partial charge in [-0.25, -0.2) is 5.48 Å². The lowest BCUT2D eigenvalue weighted by Gasteiger charge is -2.09. The Morgan fingerprint density at radius 2 is 1.86 bits per heavy atom. The molecule has 2 rings (SSSR count). The van der Waals surface area contributed by atoms with Gasteiger partial charge in [0.1, 0.15) is 24.7 Å². The molecule has 22 heavy (non-hydrogen) atoms. The molecule has 0 unspecified atom stereocenters. The van der Waals surface area contributed by atoms with E-state index in [2.05, 4.69) is 5.48 Å². The van der Waals surface area contributed by atoms with Gasteiger partial charge >= 0.3 is 0 Å². The van der Waals surface area contributed by atoms with Gasteiger partial charge in [0.15, 0.2) is 0 Å². The van der Waals surface area contributed by atoms with Crippen molar-refractivity contribution in [1.82, 2.24) is 5.48 Å². The van der Waals surface area contributed by atoms with Crippen molar-refractivity contribution in [1.29, 1.82) is 0 Å². The van der Waals surface area contributed by atoms with Gasteiger partial charge in [-0.3, -0.25) is 9.63 Å². The first-order valence-corrected chi connectivity index (χ1v) is 7.11. The number of phenolic OH excluding ortho intramolecular Hbond substituents is 1. The molecule has 0 radical (unpaired) electrons. The quantitative estimate of drug-likeness (QED) is 0.623. The van der Waals surface area contributed by atoms with Crippen LogP contribution in [0.3, 0.4) is 0 Å². The van der Waals surface area contributed by atoms with E-state index in [1.54, 1.807) is 0 Å². The van der Waals surface area contributed by atoms with Gasteiger partial charge in [0.05, 0.1) is 15.6 Å². The first kappa shape index (κ1) is 16.4. The van der Waals surface area contributed by atoms with E-state index in [0.29, 0.717) is 5.75 Å². The Morgan fingerprint density at radius 1 is 1.14 bits per heavy atom. The van der Waals surface area contributed by atoms with Gasteiger partial charge < -0.3 is 9.84 Å². The number of carbonyl (C=O) groups excluding carboxylic acids is 1. The van der Waals surface area contributed by atoms with E-state index in [1.165, 1.54) is 12.1 Å². The number of aromatic hydroxyl groups is 1. The highest BCUT2D eigenvalue weighted by Crippen LogP contribution is 2.30. The Kier molecular flexibility index (Phi) is 5.89. The second-order valence-electron chi connectivity index (χ2n) is 4.23. The number of ether oxygens (including phenoxy) is 1. The highest BCUT2D eigenvalue weighted by atomic mass is 35.5. The fourth-order valence-electron chi connectivity index (χ4n) is 1.63. The molecule has 116 valence electrons. The van der Waals surface area contributed by atoms with Gasteiger partial charge in [-0.2, -0.15) is 0 Å². The van der Waals surface area contributed by atoms with Crippen LogP contribution in [0.2, 0.25) is 10.0 Å². The predicted octanol–water partition coefficient (Wildman–Crippen LogP) is 3.44. The van der Waals surface area contributed by atoms with Crippen LogP contribution in [0.1, 0.15) is 10.4 Å². The highest BCUT2D eigenvalue weighted by Gasteiger charge is 2.14. The lowest BCUT2D eigenvalue weighted by molar-refractivity contribution is 0.0200. The molecule has 0 aliphatic heterocycles. The molecular formula is C15H13Cl2NO4. The van der Waals surface area contributed by atoms with Crippen molar-refractivity contribution < 1.29 is 19.5 Å². The van der Waals surface area contributed by atoms with Gasteiger partial charge in [0, 0.05) is 6.07 Å². The highest BCUT2D eigenvalue weighted by molar-refractivity contribution is 6.44. The van der Waals surface area contributed by atoms with Crippen molar-refractivity contribution in [2.75, 3.05) is 13.2 Å². The topological polar surface area (TPSA) is 67.8 Å². The molecule has 0 aromatic heterocycles. The molecule has 2 aromatic rings. The summed E-state index contributed by atoms with van der Waals surface area (Å²) in [5.74, 6) is -0.0605. The van der Waals surface area contributed by atoms with E-state index in [4.69, 9.17) is 32.8 Å². The average Bonchev–Trinajstić information content (AvgIpc) is 2.51. The van der Waals surface area contributed by atoms with Crippen LogP contribution in [0.5, 0.6) is 11.5 Å². The van der Waals surface area contributed by atoms with Crippen LogP contribution in [0, 0.1) is 0 Å². The van der Waals surface area contributed by atoms with Gasteiger partial charge in [-0.15, -0.1) is 0 Å². The summed E-state index contributed by atoms with van der Waals surface area (Å²) in [4.78, 5) is 16.9. The van der Waals surface area contributed by atoms with Crippen molar-refractivity contribution in [2.45, 2.75) is 0 Å². The second kappa shape index (κ2) is 7.89. The summed E-state index contributed by atoms with van der Waals surface area (Å²) >= 11 is 11.7. The van der Waals surface area contributed by atoms with Crippen LogP contribution in [-0.4, -0.2) is 24.2 Å². The lowest BCUT2D eigenvalue weighted by atomic mass is 10.2. The van der Waals surface area contributed by atoms with E-state index >= 15 is 0 Å². The minimum absolute atomic E-state index is 0.0237. The maximum Gasteiger partial charge on any atom is 0.276 e. The van der Waals surface area contributed by atoms with Crippen molar-refractivity contribution in [3.05, 3.63) is 58.1 Å². The Balaban J connectivity index is 1.79. The molecule has 0 fully saturated rings. The molecule has 7 heteroatoms. The van der Waals surface area contributed by atoms with Crippen LogP contribution in [0.25, 0.3) is 0 Å². The summed E-state index contributed by atoms with van der Waals surface area (Å²) in [6.07, 6.45) is 0. The summed E-state index contributed by atoms with van der Waals surface area (Å²) in [5.41, 5.74) is 2.23. The zero-order valence-electron chi connectivity index (χ0n) is 11.4. The maximum absolute atomic E-state index is 11.9. The van der Waals surface area contributed by atoms with Crippen LogP contribution in [0.4, 0.5) is 0 Å². The molecule has 5 nitrogen and oxygen atoms in total. The Morgan fingerprint density at radius 3 is 2.59 bits per heavy atom. The third-order valence-corrected chi connectivity index (χ3v) is 3.42. The number of hydroxylamine groups is 1. The molecule has 0 atom stereocenters. The summed E-state index contributed by atoms with van der Waals surface area (Å²) < 4.78 is 5.39. The molecule has 0 spiro atoms. The molecule has 0 heterocycles. The minimum atomic E-state index is -0.609. The van der Waals surface area contributed by atoms with Crippen LogP contribution in [-0.2, 0) is 4.84 Å². The Bertz CT molecular complexity index is 649. The number of halogens is 2. The molecule has 1 amide bonds. The first-order valence-electron chi connectivity index (χ1n) is 6.36. The Labute approximate surface area is 137 Å². The van der Waals surface area contributed by atoms with E-state index < -0.39 is 5.91 Å². The predicted molar refractivity (Wildman–Crippen MR) is 83.5 cm³/mol. The van der Waals surface area contributed by atoms with E-state index in [0.717, 1.165) is 0 Å². The summed E-state index contributed by atoms with van der Waals surface area (Å²) in [6, 6.07) is 11.7. The van der Waals surface area contributed by atoms with E-state index in [-0.39, 0.29) is 34.6 Å². The number of hydrogen-bond donors (Lipinski definition) is 2. The largest absolute Gasteiger partial charge is 0.508 e. The number of hydrogen-bond acceptors (Lipinski definition) is 4. The van der Waals surface area contributed by atoms with Crippen molar-refractivity contribution in [3.63, 3.8) is 0 Å². The van der Waals surface area contributed by atoms with Crippen molar-refractivity contribution >= 4 is 29.1 Å². The fourth-order valence-corrected chi connectivity index (χ4v) is 2.04. The SMILES string of the molecule is O=C(NOCCOc1ccccc1)c1cc(O)cc(Cl)c1Cl. The van der Waals surface area contributed by atoms with Crippen LogP contribution < -0.4 is 10.2 Å². The Hall–Kier alpha value is -1.95. The minimum Gasteiger partial charge on any atom is -0.508 e. The van der Waals surface area contributed by atoms with Crippen molar-refractivity contribution in [3.8, 4) is 11.5 Å². The molecule has 0 aliphatic carbocycles. The number of nitrogens with one attached hydrogen (secondary N) is 1. The normalized spacial score (nSPS) is 10.3. The van der Waals surface area contributed by atoms with E-state index in [1.807, 2.05) is 30.3 Å². The van der Waals surface area contributed by atoms with Crippen molar-refractivity contribution in [2.24, 2.45) is 0 Å². The molecule has 0 aliphatic rings. The van der Waals surface area contributed by atoms with Gasteiger partial charge in [0.2, 0.25) is 0 Å².